The molecule has 2 heterocycles. The Kier molecular flexibility index (Phi) is 7.19. The smallest absolute Gasteiger partial charge is 0.347 e. The number of alkyl halides is 3. The summed E-state index contributed by atoms with van der Waals surface area (Å²) in [6.45, 7) is 5.09. The minimum Gasteiger partial charge on any atom is -0.347 e. The van der Waals surface area contributed by atoms with Gasteiger partial charge in [0.15, 0.2) is 0 Å². The number of nitrogens with one attached hydrogen (secondary N) is 2. The Hall–Kier alpha value is -3.57. The fourth-order valence-corrected chi connectivity index (χ4v) is 4.82. The number of halogens is 5. The lowest BCUT2D eigenvalue weighted by Crippen LogP contribution is -2.49. The summed E-state index contributed by atoms with van der Waals surface area (Å²) < 4.78 is 68.8. The minimum atomic E-state index is -4.70. The van der Waals surface area contributed by atoms with Crippen LogP contribution in [0.5, 0.6) is 0 Å². The largest absolute Gasteiger partial charge is 0.417 e. The van der Waals surface area contributed by atoms with Crippen molar-refractivity contribution in [1.82, 2.24) is 20.5 Å². The van der Waals surface area contributed by atoms with Gasteiger partial charge in [-0.1, -0.05) is 0 Å². The van der Waals surface area contributed by atoms with Gasteiger partial charge in [0, 0.05) is 35.6 Å². The lowest BCUT2D eigenvalue weighted by atomic mass is 10.0. The highest BCUT2D eigenvalue weighted by atomic mass is 19.4. The molecule has 1 saturated heterocycles. The highest BCUT2D eigenvalue weighted by molar-refractivity contribution is 6.00. The zero-order chi connectivity index (χ0) is 28.0. The normalized spacial score (nSPS) is 21.1. The van der Waals surface area contributed by atoms with Gasteiger partial charge in [-0.2, -0.15) is 13.2 Å². The highest BCUT2D eigenvalue weighted by Crippen LogP contribution is 2.37. The number of hydrogen-bond donors (Lipinski definition) is 2. The number of carbonyl (C=O) groups excluding carboxylic acids is 3. The van der Waals surface area contributed by atoms with Crippen LogP contribution in [0.3, 0.4) is 0 Å². The summed E-state index contributed by atoms with van der Waals surface area (Å²) in [5, 5.41) is 4.88. The van der Waals surface area contributed by atoms with Crippen molar-refractivity contribution in [3.05, 3.63) is 64.5 Å². The second-order valence-corrected chi connectivity index (χ2v) is 10.0. The van der Waals surface area contributed by atoms with Gasteiger partial charge in [0.1, 0.15) is 17.2 Å². The molecular weight excluding hydrogens is 511 g/mol. The number of hydrogen-bond acceptors (Lipinski definition) is 4. The summed E-state index contributed by atoms with van der Waals surface area (Å²) in [4.78, 5) is 43.4. The molecule has 38 heavy (non-hydrogen) atoms. The molecule has 204 valence electrons. The average Bonchev–Trinajstić information content (AvgIpc) is 3.54. The van der Waals surface area contributed by atoms with E-state index in [1.54, 1.807) is 4.90 Å². The molecule has 2 aliphatic rings. The van der Waals surface area contributed by atoms with Crippen molar-refractivity contribution in [3.63, 3.8) is 0 Å². The first-order chi connectivity index (χ1) is 17.7. The first-order valence-corrected chi connectivity index (χ1v) is 12.2. The van der Waals surface area contributed by atoms with Gasteiger partial charge in [-0.25, -0.2) is 8.78 Å². The van der Waals surface area contributed by atoms with Crippen molar-refractivity contribution in [2.75, 3.05) is 0 Å². The Morgan fingerprint density at radius 3 is 2.11 bits per heavy atom. The van der Waals surface area contributed by atoms with Gasteiger partial charge < -0.3 is 15.5 Å². The molecule has 3 amide bonds. The summed E-state index contributed by atoms with van der Waals surface area (Å²) in [6, 6.07) is 1.22. The number of nitrogens with zero attached hydrogens (tertiary/aromatic N) is 2. The molecule has 1 aliphatic carbocycles. The van der Waals surface area contributed by atoms with Gasteiger partial charge >= 0.3 is 6.18 Å². The van der Waals surface area contributed by atoms with Crippen molar-refractivity contribution in [1.29, 1.82) is 0 Å². The van der Waals surface area contributed by atoms with Gasteiger partial charge in [0.05, 0.1) is 17.2 Å². The lowest BCUT2D eigenvalue weighted by Gasteiger charge is -2.27. The first kappa shape index (κ1) is 27.5. The van der Waals surface area contributed by atoms with Gasteiger partial charge in [-0.05, 0) is 64.7 Å². The van der Waals surface area contributed by atoms with Gasteiger partial charge in [-0.3, -0.25) is 19.4 Å². The van der Waals surface area contributed by atoms with E-state index < -0.39 is 58.2 Å². The fourth-order valence-electron chi connectivity index (χ4n) is 4.82. The third kappa shape index (κ3) is 5.34. The van der Waals surface area contributed by atoms with Gasteiger partial charge in [-0.15, -0.1) is 0 Å². The SMILES string of the molecule is CC1CCC(C)N1C(=O)c1cc(F)c([C@H](C)NC(=O)C2(NC(=O)c3cncc(C(F)(F)F)c3)CC2)c(F)c1. The second kappa shape index (κ2) is 9.95. The molecule has 0 bridgehead atoms. The summed E-state index contributed by atoms with van der Waals surface area (Å²) in [5.41, 5.74) is -3.52. The molecule has 1 aromatic carbocycles. The van der Waals surface area contributed by atoms with Crippen LogP contribution < -0.4 is 10.6 Å². The number of amides is 3. The number of carbonyl (C=O) groups is 3. The molecule has 2 N–H and O–H groups in total. The van der Waals surface area contributed by atoms with Gasteiger partial charge in [0.2, 0.25) is 5.91 Å². The molecule has 4 rings (SSSR count). The fraction of sp³-hybridized carbons (Fsp3) is 0.462. The summed E-state index contributed by atoms with van der Waals surface area (Å²) in [5.74, 6) is -4.17. The van der Waals surface area contributed by atoms with E-state index in [-0.39, 0.29) is 36.1 Å². The molecule has 1 aliphatic heterocycles. The highest BCUT2D eigenvalue weighted by Gasteiger charge is 2.52. The molecule has 0 spiro atoms. The zero-order valence-electron chi connectivity index (χ0n) is 21.0. The van der Waals surface area contributed by atoms with Crippen LogP contribution >= 0.6 is 0 Å². The van der Waals surface area contributed by atoms with E-state index in [9.17, 15) is 27.6 Å². The number of pyridine rings is 1. The second-order valence-electron chi connectivity index (χ2n) is 10.0. The van der Waals surface area contributed by atoms with Crippen LogP contribution in [-0.2, 0) is 11.0 Å². The Morgan fingerprint density at radius 1 is 1.00 bits per heavy atom. The maximum Gasteiger partial charge on any atom is 0.417 e. The molecule has 2 aromatic rings. The number of rotatable bonds is 6. The average molecular weight is 539 g/mol. The number of aromatic nitrogens is 1. The van der Waals surface area contributed by atoms with Crippen molar-refractivity contribution < 1.29 is 36.3 Å². The summed E-state index contributed by atoms with van der Waals surface area (Å²) in [6.07, 6.45) is -1.22. The maximum atomic E-state index is 15.0. The van der Waals surface area contributed by atoms with E-state index in [0.717, 1.165) is 31.2 Å². The Labute approximate surface area is 215 Å². The molecule has 1 saturated carbocycles. The third-order valence-electron chi connectivity index (χ3n) is 7.16. The van der Waals surface area contributed by atoms with E-state index in [4.69, 9.17) is 0 Å². The number of benzene rings is 1. The maximum absolute atomic E-state index is 15.0. The van der Waals surface area contributed by atoms with Crippen LogP contribution in [0.25, 0.3) is 0 Å². The predicted octanol–water partition coefficient (Wildman–Crippen LogP) is 4.53. The van der Waals surface area contributed by atoms with Crippen LogP contribution in [0.15, 0.2) is 30.6 Å². The van der Waals surface area contributed by atoms with Crippen LogP contribution in [0, 0.1) is 11.6 Å². The van der Waals surface area contributed by atoms with Gasteiger partial charge in [0.25, 0.3) is 11.8 Å². The van der Waals surface area contributed by atoms with Crippen LogP contribution in [-0.4, -0.2) is 45.2 Å². The Balaban J connectivity index is 1.46. The molecular formula is C26H27F5N4O3. The van der Waals surface area contributed by atoms with Crippen molar-refractivity contribution in [3.8, 4) is 0 Å². The lowest BCUT2D eigenvalue weighted by molar-refractivity contribution is -0.137. The van der Waals surface area contributed by atoms with Crippen LogP contribution in [0.1, 0.15) is 84.3 Å². The molecule has 3 atom stereocenters. The van der Waals surface area contributed by atoms with E-state index in [1.807, 2.05) is 13.8 Å². The zero-order valence-corrected chi connectivity index (χ0v) is 21.0. The molecule has 7 nitrogen and oxygen atoms in total. The molecule has 12 heteroatoms. The standard InChI is InChI=1S/C26H27F5N4O3/c1-13-4-5-14(2)35(13)23(37)16-9-19(27)21(20(28)10-16)15(3)33-24(38)25(6-7-25)34-22(36)17-8-18(12-32-11-17)26(29,30)31/h8-15H,4-7H2,1-3H3,(H,33,38)(H,34,36)/t13?,14?,15-/m0/s1. The van der Waals surface area contributed by atoms with E-state index in [2.05, 4.69) is 15.6 Å². The monoisotopic (exact) mass is 538 g/mol. The van der Waals surface area contributed by atoms with E-state index in [1.165, 1.54) is 6.92 Å². The molecule has 2 unspecified atom stereocenters. The Bertz CT molecular complexity index is 1240. The predicted molar refractivity (Wildman–Crippen MR) is 126 cm³/mol. The van der Waals surface area contributed by atoms with Crippen molar-refractivity contribution >= 4 is 17.7 Å². The van der Waals surface area contributed by atoms with Crippen LogP contribution in [0.2, 0.25) is 0 Å². The minimum absolute atomic E-state index is 0.0572. The molecule has 2 fully saturated rings. The summed E-state index contributed by atoms with van der Waals surface area (Å²) in [7, 11) is 0. The quantitative estimate of drug-likeness (QED) is 0.529. The van der Waals surface area contributed by atoms with E-state index in [0.29, 0.717) is 12.3 Å². The van der Waals surface area contributed by atoms with E-state index >= 15 is 8.78 Å². The summed E-state index contributed by atoms with van der Waals surface area (Å²) >= 11 is 0. The molecule has 1 aromatic heterocycles. The number of likely N-dealkylation sites (tertiary alicyclic amines) is 1. The third-order valence-corrected chi connectivity index (χ3v) is 7.16. The molecule has 0 radical (unpaired) electrons. The van der Waals surface area contributed by atoms with Crippen molar-refractivity contribution in [2.24, 2.45) is 0 Å². The van der Waals surface area contributed by atoms with Crippen LogP contribution in [0.4, 0.5) is 22.0 Å². The topological polar surface area (TPSA) is 91.4 Å². The Morgan fingerprint density at radius 2 is 1.58 bits per heavy atom. The first-order valence-electron chi connectivity index (χ1n) is 12.2. The van der Waals surface area contributed by atoms with Crippen molar-refractivity contribution in [2.45, 2.75) is 76.3 Å².